The molecular weight excluding hydrogens is 308 g/mol. The minimum atomic E-state index is 0.649. The minimum absolute atomic E-state index is 0.649. The van der Waals surface area contributed by atoms with Gasteiger partial charge in [-0.15, -0.1) is 0 Å². The first-order valence-corrected chi connectivity index (χ1v) is 8.77. The van der Waals surface area contributed by atoms with E-state index in [1.807, 2.05) is 0 Å². The molecular formula is C19H33Br. The predicted octanol–water partition coefficient (Wildman–Crippen LogP) is 7.42. The molecule has 0 aliphatic rings. The van der Waals surface area contributed by atoms with E-state index in [-0.39, 0.29) is 0 Å². The molecule has 0 aromatic carbocycles. The highest BCUT2D eigenvalue weighted by Crippen LogP contribution is 2.34. The average Bonchev–Trinajstić information content (AvgIpc) is 2.35. The SMILES string of the molecule is C=C(C)C(=C(/C)Br)/C(C)=C(\C)C(C)C(CCC)CCC. The molecule has 0 nitrogen and oxygen atoms in total. The van der Waals surface area contributed by atoms with E-state index < -0.39 is 0 Å². The molecule has 0 aromatic rings. The lowest BCUT2D eigenvalue weighted by Gasteiger charge is -2.27. The van der Waals surface area contributed by atoms with Crippen LogP contribution >= 0.6 is 15.9 Å². The van der Waals surface area contributed by atoms with Gasteiger partial charge < -0.3 is 0 Å². The van der Waals surface area contributed by atoms with E-state index in [0.29, 0.717) is 5.92 Å². The maximum absolute atomic E-state index is 4.14. The number of hydrogen-bond donors (Lipinski definition) is 0. The Kier molecular flexibility index (Phi) is 9.46. The van der Waals surface area contributed by atoms with Crippen molar-refractivity contribution in [2.24, 2.45) is 11.8 Å². The summed E-state index contributed by atoms with van der Waals surface area (Å²) in [4.78, 5) is 0. The van der Waals surface area contributed by atoms with Crippen LogP contribution in [0.3, 0.4) is 0 Å². The highest BCUT2D eigenvalue weighted by atomic mass is 79.9. The van der Waals surface area contributed by atoms with Crippen LogP contribution in [-0.2, 0) is 0 Å². The van der Waals surface area contributed by atoms with Crippen molar-refractivity contribution >= 4 is 15.9 Å². The van der Waals surface area contributed by atoms with Gasteiger partial charge in [-0.05, 0) is 55.2 Å². The summed E-state index contributed by atoms with van der Waals surface area (Å²) in [6, 6.07) is 0. The van der Waals surface area contributed by atoms with Gasteiger partial charge in [-0.2, -0.15) is 0 Å². The molecule has 0 saturated carbocycles. The van der Waals surface area contributed by atoms with Crippen molar-refractivity contribution in [2.75, 3.05) is 0 Å². The minimum Gasteiger partial charge on any atom is -0.0955 e. The Morgan fingerprint density at radius 2 is 1.45 bits per heavy atom. The summed E-state index contributed by atoms with van der Waals surface area (Å²) in [5, 5.41) is 0. The Bertz CT molecular complexity index is 375. The molecule has 116 valence electrons. The molecule has 1 heteroatoms. The maximum atomic E-state index is 4.14. The van der Waals surface area contributed by atoms with Crippen molar-refractivity contribution in [3.63, 3.8) is 0 Å². The van der Waals surface area contributed by atoms with Gasteiger partial charge in [0.2, 0.25) is 0 Å². The quantitative estimate of drug-likeness (QED) is 0.403. The summed E-state index contributed by atoms with van der Waals surface area (Å²) in [5.41, 5.74) is 5.36. The normalized spacial score (nSPS) is 15.8. The van der Waals surface area contributed by atoms with E-state index in [1.165, 1.54) is 46.9 Å². The first-order valence-electron chi connectivity index (χ1n) is 7.97. The summed E-state index contributed by atoms with van der Waals surface area (Å²) in [5.74, 6) is 1.46. The molecule has 0 N–H and O–H groups in total. The number of allylic oxidation sites excluding steroid dienone is 5. The highest BCUT2D eigenvalue weighted by molar-refractivity contribution is 9.11. The van der Waals surface area contributed by atoms with Crippen LogP contribution in [0.4, 0.5) is 0 Å². The topological polar surface area (TPSA) is 0 Å². The van der Waals surface area contributed by atoms with Crippen LogP contribution in [0.2, 0.25) is 0 Å². The highest BCUT2D eigenvalue weighted by Gasteiger charge is 2.20. The predicted molar refractivity (Wildman–Crippen MR) is 97.3 cm³/mol. The third-order valence-electron chi connectivity index (χ3n) is 4.45. The van der Waals surface area contributed by atoms with Crippen LogP contribution in [0, 0.1) is 11.8 Å². The molecule has 0 spiro atoms. The number of hydrogen-bond acceptors (Lipinski definition) is 0. The Labute approximate surface area is 135 Å². The molecule has 0 aromatic heterocycles. The Morgan fingerprint density at radius 3 is 1.75 bits per heavy atom. The lowest BCUT2D eigenvalue weighted by atomic mass is 9.79. The van der Waals surface area contributed by atoms with E-state index in [2.05, 4.69) is 71.0 Å². The van der Waals surface area contributed by atoms with Crippen LogP contribution in [0.1, 0.15) is 74.1 Å². The van der Waals surface area contributed by atoms with E-state index >= 15 is 0 Å². The van der Waals surface area contributed by atoms with E-state index in [0.717, 1.165) is 11.5 Å². The first-order chi connectivity index (χ1) is 9.27. The molecule has 20 heavy (non-hydrogen) atoms. The molecule has 0 heterocycles. The van der Waals surface area contributed by atoms with Gasteiger partial charge in [0.1, 0.15) is 0 Å². The van der Waals surface area contributed by atoms with E-state index in [9.17, 15) is 0 Å². The fraction of sp³-hybridized carbons (Fsp3) is 0.684. The third-order valence-corrected chi connectivity index (χ3v) is 4.84. The maximum Gasteiger partial charge on any atom is -0.000294 e. The summed E-state index contributed by atoms with van der Waals surface area (Å²) in [6.45, 7) is 19.9. The van der Waals surface area contributed by atoms with Crippen LogP contribution < -0.4 is 0 Å². The molecule has 0 rings (SSSR count). The van der Waals surface area contributed by atoms with Crippen molar-refractivity contribution < 1.29 is 0 Å². The van der Waals surface area contributed by atoms with Gasteiger partial charge in [-0.25, -0.2) is 0 Å². The van der Waals surface area contributed by atoms with Crippen molar-refractivity contribution in [3.05, 3.63) is 33.4 Å². The zero-order valence-electron chi connectivity index (χ0n) is 14.6. The zero-order chi connectivity index (χ0) is 15.9. The van der Waals surface area contributed by atoms with Gasteiger partial charge in [0.25, 0.3) is 0 Å². The molecule has 0 amide bonds. The Hall–Kier alpha value is -0.300. The number of rotatable bonds is 8. The number of halogens is 1. The van der Waals surface area contributed by atoms with Crippen LogP contribution in [0.25, 0.3) is 0 Å². The van der Waals surface area contributed by atoms with Crippen LogP contribution in [0.15, 0.2) is 33.4 Å². The molecule has 1 atom stereocenters. The molecule has 0 fully saturated rings. The second-order valence-electron chi connectivity index (χ2n) is 6.12. The Morgan fingerprint density at radius 1 is 1.00 bits per heavy atom. The van der Waals surface area contributed by atoms with Crippen molar-refractivity contribution in [1.82, 2.24) is 0 Å². The molecule has 0 aliphatic carbocycles. The summed E-state index contributed by atoms with van der Waals surface area (Å²) < 4.78 is 1.19. The van der Waals surface area contributed by atoms with Gasteiger partial charge in [0.05, 0.1) is 0 Å². The summed E-state index contributed by atoms with van der Waals surface area (Å²) >= 11 is 3.64. The lowest BCUT2D eigenvalue weighted by molar-refractivity contribution is 0.344. The summed E-state index contributed by atoms with van der Waals surface area (Å²) in [7, 11) is 0. The monoisotopic (exact) mass is 340 g/mol. The van der Waals surface area contributed by atoms with Crippen LogP contribution in [-0.4, -0.2) is 0 Å². The van der Waals surface area contributed by atoms with Crippen LogP contribution in [0.5, 0.6) is 0 Å². The van der Waals surface area contributed by atoms with E-state index in [4.69, 9.17) is 0 Å². The largest absolute Gasteiger partial charge is 0.0955 e. The molecule has 0 radical (unpaired) electrons. The first kappa shape index (κ1) is 19.7. The van der Waals surface area contributed by atoms with Crippen molar-refractivity contribution in [2.45, 2.75) is 74.1 Å². The van der Waals surface area contributed by atoms with E-state index in [1.54, 1.807) is 0 Å². The molecule has 0 aliphatic heterocycles. The van der Waals surface area contributed by atoms with Gasteiger partial charge in [0, 0.05) is 0 Å². The average molecular weight is 341 g/mol. The fourth-order valence-corrected chi connectivity index (χ4v) is 3.79. The zero-order valence-corrected chi connectivity index (χ0v) is 16.2. The molecule has 0 saturated heterocycles. The second-order valence-corrected chi connectivity index (χ2v) is 7.31. The molecule has 0 bridgehead atoms. The smallest absolute Gasteiger partial charge is 0.000294 e. The third kappa shape index (κ3) is 5.60. The Balaban J connectivity index is 5.45. The van der Waals surface area contributed by atoms with Crippen molar-refractivity contribution in [1.29, 1.82) is 0 Å². The van der Waals surface area contributed by atoms with Gasteiger partial charge in [-0.3, -0.25) is 0 Å². The second kappa shape index (κ2) is 9.60. The standard InChI is InChI=1S/C19H33Br/c1-9-11-18(12-10-2)15(6)14(5)16(7)19(13(3)4)17(8)20/h15,18H,3,9-12H2,1-2,4-8H3/b16-14+,19-17+. The molecule has 1 unspecified atom stereocenters. The van der Waals surface area contributed by atoms with Crippen molar-refractivity contribution in [3.8, 4) is 0 Å². The lowest BCUT2D eigenvalue weighted by Crippen LogP contribution is -2.14. The van der Waals surface area contributed by atoms with Gasteiger partial charge in [-0.1, -0.05) is 80.1 Å². The van der Waals surface area contributed by atoms with Gasteiger partial charge in [0.15, 0.2) is 0 Å². The van der Waals surface area contributed by atoms with Gasteiger partial charge >= 0.3 is 0 Å². The fourth-order valence-electron chi connectivity index (χ4n) is 3.15. The summed E-state index contributed by atoms with van der Waals surface area (Å²) in [6.07, 6.45) is 5.22.